The number of rotatable bonds is 12. The average molecular weight is 904 g/mol. The van der Waals surface area contributed by atoms with Crippen LogP contribution in [0.2, 0.25) is 0 Å². The second-order valence-corrected chi connectivity index (χ2v) is 16.1. The first-order valence-corrected chi connectivity index (χ1v) is 20.9. The van der Waals surface area contributed by atoms with Crippen molar-refractivity contribution in [3.8, 4) is 5.75 Å². The molecule has 6 N–H and O–H groups in total. The van der Waals surface area contributed by atoms with Crippen LogP contribution in [0.1, 0.15) is 88.7 Å². The number of ether oxygens (including phenoxy) is 1. The van der Waals surface area contributed by atoms with Crippen LogP contribution in [-0.2, 0) is 25.3 Å². The minimum Gasteiger partial charge on any atom is -0.482 e. The summed E-state index contributed by atoms with van der Waals surface area (Å²) in [6, 6.07) is 14.5. The van der Waals surface area contributed by atoms with Crippen molar-refractivity contribution in [1.82, 2.24) is 59.8 Å². The molecule has 3 atom stereocenters. The van der Waals surface area contributed by atoms with E-state index < -0.39 is 41.7 Å². The van der Waals surface area contributed by atoms with Gasteiger partial charge in [-0.05, 0) is 24.5 Å². The molecule has 66 heavy (non-hydrogen) atoms. The van der Waals surface area contributed by atoms with E-state index in [0.717, 1.165) is 43.0 Å². The Morgan fingerprint density at radius 1 is 0.727 bits per heavy atom. The van der Waals surface area contributed by atoms with E-state index in [-0.39, 0.29) is 58.3 Å². The van der Waals surface area contributed by atoms with Gasteiger partial charge in [-0.2, -0.15) is 26.3 Å². The molecule has 0 spiro atoms. The van der Waals surface area contributed by atoms with Crippen molar-refractivity contribution in [3.05, 3.63) is 137 Å². The highest BCUT2D eigenvalue weighted by Crippen LogP contribution is 2.45. The van der Waals surface area contributed by atoms with E-state index in [0.29, 0.717) is 46.2 Å². The van der Waals surface area contributed by atoms with Gasteiger partial charge in [0.15, 0.2) is 28.9 Å². The molecule has 0 amide bonds. The Morgan fingerprint density at radius 3 is 2.21 bits per heavy atom. The number of anilines is 3. The summed E-state index contributed by atoms with van der Waals surface area (Å²) in [4.78, 5) is 48.9. The number of hydrogen-bond donors (Lipinski definition) is 6. The molecule has 16 nitrogen and oxygen atoms in total. The predicted molar refractivity (Wildman–Crippen MR) is 228 cm³/mol. The lowest BCUT2D eigenvalue weighted by molar-refractivity contribution is -0.137. The summed E-state index contributed by atoms with van der Waals surface area (Å²) >= 11 is 0. The van der Waals surface area contributed by atoms with Gasteiger partial charge >= 0.3 is 12.4 Å². The zero-order valence-electron chi connectivity index (χ0n) is 34.2. The molecule has 1 saturated carbocycles. The molecule has 7 aromatic heterocycles. The Hall–Kier alpha value is -7.91. The lowest BCUT2D eigenvalue weighted by atomic mass is 9.95. The minimum absolute atomic E-state index is 0.0374. The number of alkyl halides is 6. The van der Waals surface area contributed by atoms with Crippen molar-refractivity contribution < 1.29 is 31.1 Å². The van der Waals surface area contributed by atoms with E-state index in [1.165, 1.54) is 6.33 Å². The van der Waals surface area contributed by atoms with Gasteiger partial charge in [0.2, 0.25) is 0 Å². The summed E-state index contributed by atoms with van der Waals surface area (Å²) in [7, 11) is 0. The van der Waals surface area contributed by atoms with Crippen molar-refractivity contribution in [2.45, 2.75) is 68.7 Å². The number of para-hydroxylation sites is 1. The topological polar surface area (TPSA) is 209 Å². The Morgan fingerprint density at radius 2 is 1.45 bits per heavy atom. The van der Waals surface area contributed by atoms with Crippen LogP contribution in [0.5, 0.6) is 5.75 Å². The standard InChI is InChI=1S/C44H35F6N15O/c45-43(46,47)25-17-54-37-32(25)39(57-20-56-37)58-27(22-6-2-1-3-7-22)13-31-60-38-33(26(18-55-38)44(48,49)50)40(61-31)59-28-12-30(66-29-9-5-4-8-24(28)29)36-64-41(53-16-21-14-51-19-52-15-21)34-42(65-36)63-35(62-34)23-10-11-23/h1-9,14-15,17-20,23,27-28,30H,10-13,16H2,(H2,54,56,57,58)(H2,55,59,60,61)(H2,53,62,63,64,65)/t27-,28-,30?/m1/s1. The van der Waals surface area contributed by atoms with Gasteiger partial charge in [0.25, 0.3) is 0 Å². The van der Waals surface area contributed by atoms with E-state index in [9.17, 15) is 26.3 Å². The fourth-order valence-electron chi connectivity index (χ4n) is 8.32. The molecule has 2 aliphatic rings. The van der Waals surface area contributed by atoms with Gasteiger partial charge in [0, 0.05) is 61.2 Å². The van der Waals surface area contributed by atoms with Crippen LogP contribution in [0, 0.1) is 0 Å². The Kier molecular flexibility index (Phi) is 9.87. The number of imidazole rings is 1. The lowest BCUT2D eigenvalue weighted by Gasteiger charge is -2.32. The van der Waals surface area contributed by atoms with Crippen molar-refractivity contribution in [2.24, 2.45) is 0 Å². The molecule has 2 aromatic carbocycles. The molecule has 22 heteroatoms. The zero-order valence-corrected chi connectivity index (χ0v) is 34.2. The number of aromatic nitrogens is 12. The predicted octanol–water partition coefficient (Wildman–Crippen LogP) is 9.29. The fourth-order valence-corrected chi connectivity index (χ4v) is 8.32. The first kappa shape index (κ1) is 40.8. The molecule has 0 radical (unpaired) electrons. The molecular weight excluding hydrogens is 869 g/mol. The van der Waals surface area contributed by atoms with Gasteiger partial charge in [0.1, 0.15) is 53.0 Å². The van der Waals surface area contributed by atoms with Gasteiger partial charge in [-0.15, -0.1) is 0 Å². The van der Waals surface area contributed by atoms with Crippen molar-refractivity contribution >= 4 is 50.7 Å². The Bertz CT molecular complexity index is 3220. The summed E-state index contributed by atoms with van der Waals surface area (Å²) in [5.41, 5.74) is 1.03. The summed E-state index contributed by atoms with van der Waals surface area (Å²) in [6.07, 6.45) is -0.654. The maximum atomic E-state index is 14.8. The molecular formula is C44H35F6N15O. The zero-order chi connectivity index (χ0) is 45.2. The van der Waals surface area contributed by atoms with E-state index in [4.69, 9.17) is 24.7 Å². The summed E-state index contributed by atoms with van der Waals surface area (Å²) in [5.74, 6) is 2.14. The first-order valence-electron chi connectivity index (χ1n) is 20.9. The number of benzene rings is 2. The summed E-state index contributed by atoms with van der Waals surface area (Å²) < 4.78 is 93.3. The molecule has 1 fully saturated rings. The third-order valence-electron chi connectivity index (χ3n) is 11.6. The van der Waals surface area contributed by atoms with Gasteiger partial charge < -0.3 is 35.6 Å². The van der Waals surface area contributed by atoms with Gasteiger partial charge in [-0.1, -0.05) is 48.5 Å². The van der Waals surface area contributed by atoms with Crippen molar-refractivity contribution in [3.63, 3.8) is 0 Å². The lowest BCUT2D eigenvalue weighted by Crippen LogP contribution is -2.26. The maximum Gasteiger partial charge on any atom is 0.418 e. The number of H-pyrrole nitrogens is 3. The van der Waals surface area contributed by atoms with E-state index in [1.807, 2.05) is 6.07 Å². The van der Waals surface area contributed by atoms with Crippen LogP contribution in [0.25, 0.3) is 33.2 Å². The quantitative estimate of drug-likeness (QED) is 0.0633. The monoisotopic (exact) mass is 903 g/mol. The van der Waals surface area contributed by atoms with Crippen molar-refractivity contribution in [1.29, 1.82) is 0 Å². The largest absolute Gasteiger partial charge is 0.482 e. The van der Waals surface area contributed by atoms with E-state index in [2.05, 4.69) is 55.8 Å². The number of nitrogens with zero attached hydrogens (tertiary/aromatic N) is 9. The van der Waals surface area contributed by atoms with Crippen LogP contribution < -0.4 is 20.7 Å². The molecule has 9 aromatic rings. The van der Waals surface area contributed by atoms with Crippen molar-refractivity contribution in [2.75, 3.05) is 16.0 Å². The second kappa shape index (κ2) is 16.0. The number of aromatic amines is 3. The third kappa shape index (κ3) is 7.87. The fraction of sp³-hybridized carbons (Fsp3) is 0.250. The molecule has 1 aliphatic heterocycles. The number of halogens is 6. The Balaban J connectivity index is 0.970. The van der Waals surface area contributed by atoms with Crippen LogP contribution in [-0.4, -0.2) is 59.8 Å². The van der Waals surface area contributed by atoms with Crippen LogP contribution in [0.15, 0.2) is 92.0 Å². The molecule has 0 saturated heterocycles. The number of hydrogen-bond acceptors (Lipinski definition) is 13. The smallest absolute Gasteiger partial charge is 0.418 e. The molecule has 1 aliphatic carbocycles. The van der Waals surface area contributed by atoms with Crippen LogP contribution in [0.4, 0.5) is 43.8 Å². The van der Waals surface area contributed by atoms with Gasteiger partial charge in [0.05, 0.1) is 34.0 Å². The molecule has 11 rings (SSSR count). The first-order chi connectivity index (χ1) is 31.9. The molecule has 0 bridgehead atoms. The van der Waals surface area contributed by atoms with Crippen LogP contribution >= 0.6 is 0 Å². The normalized spacial score (nSPS) is 16.9. The highest BCUT2D eigenvalue weighted by atomic mass is 19.4. The Labute approximate surface area is 368 Å². The second-order valence-electron chi connectivity index (χ2n) is 16.1. The maximum absolute atomic E-state index is 14.8. The average Bonchev–Trinajstić information content (AvgIpc) is 3.66. The molecule has 8 heterocycles. The molecule has 334 valence electrons. The van der Waals surface area contributed by atoms with Crippen LogP contribution in [0.3, 0.4) is 0 Å². The number of fused-ring (bicyclic) bond motifs is 4. The third-order valence-corrected chi connectivity index (χ3v) is 11.6. The number of nitrogens with one attached hydrogen (secondary N) is 6. The highest BCUT2D eigenvalue weighted by molar-refractivity contribution is 5.92. The van der Waals surface area contributed by atoms with Gasteiger partial charge in [-0.25, -0.2) is 44.9 Å². The minimum atomic E-state index is -4.79. The SMILES string of the molecule is FC(F)(F)c1c[nH]c2ncnc(N[C@H](Cc3nc(N[C@@H]4CC(c5nc(NCc6cncnc6)c6nc(C7CC7)[nH]c6n5)Oc5ccccc54)c4c(C(F)(F)F)c[nH]c4n3)c3ccccc3)c12. The molecule has 1 unspecified atom stereocenters. The van der Waals surface area contributed by atoms with E-state index in [1.54, 1.807) is 60.9 Å². The van der Waals surface area contributed by atoms with E-state index >= 15 is 0 Å². The summed E-state index contributed by atoms with van der Waals surface area (Å²) in [6.45, 7) is 0.339. The summed E-state index contributed by atoms with van der Waals surface area (Å²) in [5, 5.41) is 9.25. The van der Waals surface area contributed by atoms with Gasteiger partial charge in [-0.3, -0.25) is 0 Å². The highest BCUT2D eigenvalue weighted by Gasteiger charge is 2.39.